The van der Waals surface area contributed by atoms with Crippen LogP contribution in [-0.4, -0.2) is 42.1 Å². The van der Waals surface area contributed by atoms with Gasteiger partial charge in [0.05, 0.1) is 5.92 Å². The topological polar surface area (TPSA) is 82.1 Å². The van der Waals surface area contributed by atoms with E-state index in [4.69, 9.17) is 14.2 Å². The summed E-state index contributed by atoms with van der Waals surface area (Å²) in [4.78, 5) is 24.6. The van der Waals surface area contributed by atoms with Gasteiger partial charge in [-0.25, -0.2) is 4.79 Å². The van der Waals surface area contributed by atoms with E-state index in [1.165, 1.54) is 0 Å². The number of carbonyl (C=O) groups is 2. The van der Waals surface area contributed by atoms with Crippen molar-refractivity contribution in [1.82, 2.24) is 0 Å². The summed E-state index contributed by atoms with van der Waals surface area (Å²) >= 11 is 0. The van der Waals surface area contributed by atoms with Crippen LogP contribution in [0.15, 0.2) is 0 Å². The van der Waals surface area contributed by atoms with Crippen molar-refractivity contribution in [2.24, 2.45) is 41.4 Å². The highest BCUT2D eigenvalue weighted by atomic mass is 16.6. The van der Waals surface area contributed by atoms with Crippen LogP contribution in [0.25, 0.3) is 0 Å². The molecule has 5 rings (SSSR count). The molecule has 0 aromatic rings. The molecule has 6 bridgehead atoms. The molecule has 4 saturated carbocycles. The van der Waals surface area contributed by atoms with Gasteiger partial charge in [0.2, 0.25) is 0 Å². The summed E-state index contributed by atoms with van der Waals surface area (Å²) in [5, 5.41) is 10.2. The van der Waals surface area contributed by atoms with Crippen LogP contribution >= 0.6 is 0 Å². The monoisotopic (exact) mass is 366 g/mol. The molecular formula is C20H30O6. The van der Waals surface area contributed by atoms with Crippen LogP contribution in [-0.2, 0) is 23.8 Å². The fourth-order valence-electron chi connectivity index (χ4n) is 6.25. The Balaban J connectivity index is 1.36. The molecule has 1 aliphatic heterocycles. The number of hydrogen-bond acceptors (Lipinski definition) is 6. The molecule has 1 saturated heterocycles. The number of aliphatic hydroxyl groups is 1. The van der Waals surface area contributed by atoms with Gasteiger partial charge in [-0.3, -0.25) is 4.79 Å². The second-order valence-corrected chi connectivity index (χ2v) is 8.96. The van der Waals surface area contributed by atoms with Gasteiger partial charge in [0.15, 0.2) is 6.29 Å². The van der Waals surface area contributed by atoms with Crippen molar-refractivity contribution in [1.29, 1.82) is 0 Å². The lowest BCUT2D eigenvalue weighted by atomic mass is 9.58. The molecule has 5 aliphatic rings. The van der Waals surface area contributed by atoms with Crippen LogP contribution in [0, 0.1) is 41.4 Å². The third kappa shape index (κ3) is 2.85. The molecule has 9 unspecified atom stereocenters. The molecule has 0 aromatic carbocycles. The van der Waals surface area contributed by atoms with E-state index < -0.39 is 12.3 Å². The van der Waals surface area contributed by atoms with E-state index in [-0.39, 0.29) is 48.5 Å². The second-order valence-electron chi connectivity index (χ2n) is 8.96. The van der Waals surface area contributed by atoms with Crippen molar-refractivity contribution in [2.45, 2.75) is 65.0 Å². The van der Waals surface area contributed by atoms with Gasteiger partial charge in [0.25, 0.3) is 0 Å². The number of ether oxygens (including phenoxy) is 3. The Bertz CT molecular complexity index is 575. The molecule has 5 fully saturated rings. The van der Waals surface area contributed by atoms with E-state index in [2.05, 4.69) is 0 Å². The summed E-state index contributed by atoms with van der Waals surface area (Å²) in [6, 6.07) is 0. The molecule has 0 amide bonds. The Kier molecular flexibility index (Phi) is 4.76. The summed E-state index contributed by atoms with van der Waals surface area (Å²) in [7, 11) is 0. The number of rotatable bonds is 7. The first-order valence-corrected chi connectivity index (χ1v) is 10.1. The van der Waals surface area contributed by atoms with Crippen LogP contribution in [0.4, 0.5) is 0 Å². The first-order chi connectivity index (χ1) is 12.4. The van der Waals surface area contributed by atoms with Gasteiger partial charge in [0, 0.05) is 17.8 Å². The molecule has 0 aromatic heterocycles. The summed E-state index contributed by atoms with van der Waals surface area (Å²) in [6.07, 6.45) is 2.23. The largest absolute Gasteiger partial charge is 0.458 e. The molecule has 26 heavy (non-hydrogen) atoms. The predicted octanol–water partition coefficient (Wildman–Crippen LogP) is 2.13. The number of esters is 2. The highest BCUT2D eigenvalue weighted by Gasteiger charge is 2.67. The standard InChI is InChI=1S/C20H30O6/c1-4-11(9(2)3)19(22)24-8-15(21)25-17-12-5-10-6-13-16(12)14(7-10)20(23)26-18(13)17/h9-14,16-19,22H,4-8H2,1-3H3. The molecule has 1 heterocycles. The van der Waals surface area contributed by atoms with E-state index in [9.17, 15) is 14.7 Å². The van der Waals surface area contributed by atoms with Gasteiger partial charge >= 0.3 is 11.9 Å². The van der Waals surface area contributed by atoms with Crippen LogP contribution < -0.4 is 0 Å². The summed E-state index contributed by atoms with van der Waals surface area (Å²) in [5.41, 5.74) is 0. The SMILES string of the molecule is CCC(C(C)C)C(O)OCC(=O)OC1C2CC3CC4C(=O)OC1C(C3)C42. The Hall–Kier alpha value is -1.14. The van der Waals surface area contributed by atoms with Crippen LogP contribution in [0.2, 0.25) is 0 Å². The lowest BCUT2D eigenvalue weighted by Crippen LogP contribution is -2.49. The van der Waals surface area contributed by atoms with Gasteiger partial charge in [-0.1, -0.05) is 20.8 Å². The van der Waals surface area contributed by atoms with E-state index in [0.717, 1.165) is 25.7 Å². The van der Waals surface area contributed by atoms with E-state index in [1.807, 2.05) is 20.8 Å². The van der Waals surface area contributed by atoms with Crippen LogP contribution in [0.1, 0.15) is 46.5 Å². The lowest BCUT2D eigenvalue weighted by molar-refractivity contribution is -0.188. The van der Waals surface area contributed by atoms with Gasteiger partial charge < -0.3 is 19.3 Å². The molecule has 6 heteroatoms. The molecule has 9 atom stereocenters. The quantitative estimate of drug-likeness (QED) is 0.549. The maximum atomic E-state index is 12.3. The fraction of sp³-hybridized carbons (Fsp3) is 0.900. The number of hydrogen-bond donors (Lipinski definition) is 1. The molecule has 6 nitrogen and oxygen atoms in total. The molecule has 0 spiro atoms. The fourth-order valence-corrected chi connectivity index (χ4v) is 6.25. The van der Waals surface area contributed by atoms with Crippen molar-refractivity contribution >= 4 is 11.9 Å². The van der Waals surface area contributed by atoms with Crippen molar-refractivity contribution in [3.05, 3.63) is 0 Å². The Morgan fingerprint density at radius 2 is 2.00 bits per heavy atom. The average molecular weight is 366 g/mol. The van der Waals surface area contributed by atoms with Gasteiger partial charge in [-0.15, -0.1) is 0 Å². The summed E-state index contributed by atoms with van der Waals surface area (Å²) in [5.74, 6) is 1.16. The molecule has 1 N–H and O–H groups in total. The minimum Gasteiger partial charge on any atom is -0.458 e. The Morgan fingerprint density at radius 1 is 1.27 bits per heavy atom. The summed E-state index contributed by atoms with van der Waals surface area (Å²) in [6.45, 7) is 5.78. The maximum absolute atomic E-state index is 12.3. The van der Waals surface area contributed by atoms with Crippen LogP contribution in [0.3, 0.4) is 0 Å². The molecule has 4 aliphatic carbocycles. The highest BCUT2D eigenvalue weighted by Crippen LogP contribution is 2.62. The van der Waals surface area contributed by atoms with Crippen molar-refractivity contribution in [3.63, 3.8) is 0 Å². The third-order valence-corrected chi connectivity index (χ3v) is 7.31. The van der Waals surface area contributed by atoms with Crippen LogP contribution in [0.5, 0.6) is 0 Å². The van der Waals surface area contributed by atoms with Crippen molar-refractivity contribution in [2.75, 3.05) is 6.61 Å². The first kappa shape index (κ1) is 18.2. The maximum Gasteiger partial charge on any atom is 0.332 e. The average Bonchev–Trinajstić information content (AvgIpc) is 2.76. The lowest BCUT2D eigenvalue weighted by Gasteiger charge is -2.48. The molecule has 146 valence electrons. The first-order valence-electron chi connectivity index (χ1n) is 10.1. The van der Waals surface area contributed by atoms with Crippen molar-refractivity contribution < 1.29 is 28.9 Å². The molecular weight excluding hydrogens is 336 g/mol. The second kappa shape index (κ2) is 6.79. The number of carbonyl (C=O) groups excluding carboxylic acids is 2. The Morgan fingerprint density at radius 3 is 2.69 bits per heavy atom. The normalized spacial score (nSPS) is 42.0. The van der Waals surface area contributed by atoms with Gasteiger partial charge in [-0.05, 0) is 43.4 Å². The Labute approximate surface area is 154 Å². The van der Waals surface area contributed by atoms with E-state index in [1.54, 1.807) is 0 Å². The zero-order chi connectivity index (χ0) is 18.6. The minimum absolute atomic E-state index is 0.00637. The zero-order valence-corrected chi connectivity index (χ0v) is 15.8. The van der Waals surface area contributed by atoms with Crippen molar-refractivity contribution in [3.8, 4) is 0 Å². The molecule has 0 radical (unpaired) electrons. The van der Waals surface area contributed by atoms with Gasteiger partial charge in [-0.2, -0.15) is 0 Å². The minimum atomic E-state index is -0.972. The number of aliphatic hydroxyl groups excluding tert-OH is 1. The smallest absolute Gasteiger partial charge is 0.332 e. The van der Waals surface area contributed by atoms with E-state index in [0.29, 0.717) is 17.8 Å². The zero-order valence-electron chi connectivity index (χ0n) is 15.8. The summed E-state index contributed by atoms with van der Waals surface area (Å²) < 4.78 is 16.8. The predicted molar refractivity (Wildman–Crippen MR) is 91.6 cm³/mol. The third-order valence-electron chi connectivity index (χ3n) is 7.31. The van der Waals surface area contributed by atoms with Gasteiger partial charge in [0.1, 0.15) is 18.8 Å². The van der Waals surface area contributed by atoms with E-state index >= 15 is 0 Å². The highest BCUT2D eigenvalue weighted by molar-refractivity contribution is 5.76.